The van der Waals surface area contributed by atoms with Gasteiger partial charge in [0.25, 0.3) is 5.91 Å². The van der Waals surface area contributed by atoms with E-state index in [1.165, 1.54) is 5.69 Å². The van der Waals surface area contributed by atoms with Crippen molar-refractivity contribution in [1.29, 1.82) is 0 Å². The van der Waals surface area contributed by atoms with Gasteiger partial charge in [0.15, 0.2) is 5.69 Å². The Bertz CT molecular complexity index is 617. The largest absolute Gasteiger partial charge is 0.378 e. The molecule has 1 saturated heterocycles. The van der Waals surface area contributed by atoms with Crippen LogP contribution >= 0.6 is 0 Å². The van der Waals surface area contributed by atoms with Crippen LogP contribution in [0.1, 0.15) is 42.0 Å². The van der Waals surface area contributed by atoms with E-state index >= 15 is 0 Å². The summed E-state index contributed by atoms with van der Waals surface area (Å²) < 4.78 is 7.34. The van der Waals surface area contributed by atoms with E-state index in [1.807, 2.05) is 15.7 Å². The molecule has 1 aliphatic heterocycles. The number of morpholine rings is 1. The number of aromatic nitrogens is 2. The molecule has 1 fully saturated rings. The van der Waals surface area contributed by atoms with Crippen molar-refractivity contribution in [2.24, 2.45) is 5.92 Å². The van der Waals surface area contributed by atoms with Crippen molar-refractivity contribution in [2.75, 3.05) is 32.8 Å². The maximum absolute atomic E-state index is 13.0. The van der Waals surface area contributed by atoms with Crippen molar-refractivity contribution in [3.05, 3.63) is 29.6 Å². The Morgan fingerprint density at radius 3 is 2.88 bits per heavy atom. The van der Waals surface area contributed by atoms with Crippen LogP contribution in [0.4, 0.5) is 0 Å². The fourth-order valence-corrected chi connectivity index (χ4v) is 3.63. The minimum absolute atomic E-state index is 0.0480. The van der Waals surface area contributed by atoms with Gasteiger partial charge in [-0.05, 0) is 31.7 Å². The second kappa shape index (κ2) is 8.15. The summed E-state index contributed by atoms with van der Waals surface area (Å²) in [6.45, 7) is 12.5. The summed E-state index contributed by atoms with van der Waals surface area (Å²) in [6, 6.07) is 0.424. The van der Waals surface area contributed by atoms with Gasteiger partial charge in [0.05, 0.1) is 19.8 Å². The fourth-order valence-electron chi connectivity index (χ4n) is 3.63. The minimum atomic E-state index is 0.0480. The van der Waals surface area contributed by atoms with E-state index in [-0.39, 0.29) is 5.91 Å². The highest BCUT2D eigenvalue weighted by Gasteiger charge is 2.31. The molecule has 0 bridgehead atoms. The van der Waals surface area contributed by atoms with Crippen molar-refractivity contribution in [3.63, 3.8) is 0 Å². The van der Waals surface area contributed by atoms with E-state index in [4.69, 9.17) is 4.74 Å². The maximum atomic E-state index is 13.0. The van der Waals surface area contributed by atoms with Crippen LogP contribution in [0, 0.1) is 5.92 Å². The molecule has 6 nitrogen and oxygen atoms in total. The molecular formula is C19H30N4O2. The molecule has 6 heteroatoms. The van der Waals surface area contributed by atoms with E-state index in [0.717, 1.165) is 31.4 Å². The summed E-state index contributed by atoms with van der Waals surface area (Å²) >= 11 is 0. The van der Waals surface area contributed by atoms with Gasteiger partial charge in [-0.15, -0.1) is 6.58 Å². The Morgan fingerprint density at radius 1 is 1.44 bits per heavy atom. The zero-order chi connectivity index (χ0) is 17.8. The van der Waals surface area contributed by atoms with Crippen LogP contribution in [0.25, 0.3) is 0 Å². The number of fused-ring (bicyclic) bond motifs is 1. The normalized spacial score (nSPS) is 20.6. The highest BCUT2D eigenvalue weighted by atomic mass is 16.5. The topological polar surface area (TPSA) is 59.4 Å². The van der Waals surface area contributed by atoms with Crippen LogP contribution in [0.5, 0.6) is 0 Å². The zero-order valence-corrected chi connectivity index (χ0v) is 15.5. The second-order valence-electron chi connectivity index (χ2n) is 7.39. The van der Waals surface area contributed by atoms with Gasteiger partial charge >= 0.3 is 0 Å². The average Bonchev–Trinajstić information content (AvgIpc) is 2.98. The smallest absolute Gasteiger partial charge is 0.274 e. The van der Waals surface area contributed by atoms with Crippen molar-refractivity contribution in [1.82, 2.24) is 20.0 Å². The maximum Gasteiger partial charge on any atom is 0.274 e. The fraction of sp³-hybridized carbons (Fsp3) is 0.684. The molecule has 0 aromatic carbocycles. The molecule has 1 N–H and O–H groups in total. The summed E-state index contributed by atoms with van der Waals surface area (Å²) in [6.07, 6.45) is 4.78. The molecule has 2 heterocycles. The first kappa shape index (κ1) is 18.1. The number of nitrogens with one attached hydrogen (secondary N) is 1. The Morgan fingerprint density at radius 2 is 2.20 bits per heavy atom. The molecule has 25 heavy (non-hydrogen) atoms. The van der Waals surface area contributed by atoms with Crippen molar-refractivity contribution in [2.45, 2.75) is 45.7 Å². The molecule has 0 spiro atoms. The Balaban J connectivity index is 1.83. The monoisotopic (exact) mass is 346 g/mol. The molecule has 2 aliphatic rings. The van der Waals surface area contributed by atoms with Crippen LogP contribution in [0.3, 0.4) is 0 Å². The molecule has 1 atom stereocenters. The predicted molar refractivity (Wildman–Crippen MR) is 97.8 cm³/mol. The molecule has 1 aliphatic carbocycles. The molecule has 0 unspecified atom stereocenters. The van der Waals surface area contributed by atoms with Crippen LogP contribution in [-0.2, 0) is 24.1 Å². The van der Waals surface area contributed by atoms with Gasteiger partial charge < -0.3 is 15.0 Å². The number of nitrogens with zero attached hydrogens (tertiary/aromatic N) is 3. The van der Waals surface area contributed by atoms with Gasteiger partial charge in [-0.2, -0.15) is 5.10 Å². The van der Waals surface area contributed by atoms with Gasteiger partial charge in [0.1, 0.15) is 0 Å². The number of carbonyl (C=O) groups excluding carboxylic acids is 1. The molecule has 1 aromatic rings. The highest BCUT2D eigenvalue weighted by molar-refractivity contribution is 5.94. The summed E-state index contributed by atoms with van der Waals surface area (Å²) in [5.74, 6) is 0.672. The lowest BCUT2D eigenvalue weighted by molar-refractivity contribution is 0.0297. The average molecular weight is 346 g/mol. The lowest BCUT2D eigenvalue weighted by atomic mass is 9.90. The molecule has 1 amide bonds. The van der Waals surface area contributed by atoms with Gasteiger partial charge in [-0.25, -0.2) is 0 Å². The van der Waals surface area contributed by atoms with Crippen LogP contribution in [0.15, 0.2) is 12.7 Å². The third kappa shape index (κ3) is 4.12. The lowest BCUT2D eigenvalue weighted by Crippen LogP contribution is -2.42. The van der Waals surface area contributed by atoms with Gasteiger partial charge in [-0.3, -0.25) is 9.48 Å². The Hall–Kier alpha value is -1.66. The van der Waals surface area contributed by atoms with Gasteiger partial charge in [-0.1, -0.05) is 19.9 Å². The summed E-state index contributed by atoms with van der Waals surface area (Å²) in [7, 11) is 0. The molecule has 1 aromatic heterocycles. The molecule has 0 radical (unpaired) electrons. The number of hydrogen-bond acceptors (Lipinski definition) is 4. The molecule has 138 valence electrons. The third-order valence-corrected chi connectivity index (χ3v) is 4.96. The predicted octanol–water partition coefficient (Wildman–Crippen LogP) is 1.64. The van der Waals surface area contributed by atoms with E-state index in [0.29, 0.717) is 50.5 Å². The number of amides is 1. The third-order valence-electron chi connectivity index (χ3n) is 4.96. The standard InChI is InChI=1S/C19H30N4O2/c1-4-7-23-17-6-5-15(20-13-14(2)3)12-16(17)18(21-23)19(24)22-8-10-25-11-9-22/h4,14-15,20H,1,5-13H2,2-3H3/t15-/m0/s1. The minimum Gasteiger partial charge on any atom is -0.378 e. The summed E-state index contributed by atoms with van der Waals surface area (Å²) in [5, 5.41) is 8.32. The number of rotatable bonds is 6. The summed E-state index contributed by atoms with van der Waals surface area (Å²) in [4.78, 5) is 14.9. The Kier molecular flexibility index (Phi) is 5.91. The number of carbonyl (C=O) groups is 1. The molecular weight excluding hydrogens is 316 g/mol. The Labute approximate surface area is 150 Å². The second-order valence-corrected chi connectivity index (χ2v) is 7.39. The van der Waals surface area contributed by atoms with Gasteiger partial charge in [0.2, 0.25) is 0 Å². The first-order valence-corrected chi connectivity index (χ1v) is 9.40. The van der Waals surface area contributed by atoms with Crippen LogP contribution < -0.4 is 5.32 Å². The number of ether oxygens (including phenoxy) is 1. The van der Waals surface area contributed by atoms with Crippen LogP contribution in [-0.4, -0.2) is 59.5 Å². The zero-order valence-electron chi connectivity index (χ0n) is 15.5. The van der Waals surface area contributed by atoms with Crippen molar-refractivity contribution < 1.29 is 9.53 Å². The highest BCUT2D eigenvalue weighted by Crippen LogP contribution is 2.26. The van der Waals surface area contributed by atoms with E-state index in [2.05, 4.69) is 30.8 Å². The quantitative estimate of drug-likeness (QED) is 0.796. The van der Waals surface area contributed by atoms with Gasteiger partial charge in [0, 0.05) is 30.4 Å². The SMILES string of the molecule is C=CCn1nc(C(=O)N2CCOCC2)c2c1CC[C@H](NCC(C)C)C2. The van der Waals surface area contributed by atoms with E-state index in [9.17, 15) is 4.79 Å². The van der Waals surface area contributed by atoms with Crippen molar-refractivity contribution in [3.8, 4) is 0 Å². The van der Waals surface area contributed by atoms with E-state index < -0.39 is 0 Å². The van der Waals surface area contributed by atoms with E-state index in [1.54, 1.807) is 0 Å². The first-order valence-electron chi connectivity index (χ1n) is 9.40. The summed E-state index contributed by atoms with van der Waals surface area (Å²) in [5.41, 5.74) is 2.97. The first-order chi connectivity index (χ1) is 12.1. The van der Waals surface area contributed by atoms with Crippen LogP contribution in [0.2, 0.25) is 0 Å². The van der Waals surface area contributed by atoms with Crippen molar-refractivity contribution >= 4 is 5.91 Å². The molecule has 0 saturated carbocycles. The number of hydrogen-bond donors (Lipinski definition) is 1. The molecule has 3 rings (SSSR count). The number of allylic oxidation sites excluding steroid dienone is 1. The lowest BCUT2D eigenvalue weighted by Gasteiger charge is -2.28.